The van der Waals surface area contributed by atoms with Crippen molar-refractivity contribution >= 4 is 11.6 Å². The van der Waals surface area contributed by atoms with E-state index < -0.39 is 0 Å². The van der Waals surface area contributed by atoms with Crippen LogP contribution in [0, 0.1) is 6.92 Å². The van der Waals surface area contributed by atoms with E-state index in [-0.39, 0.29) is 5.54 Å². The van der Waals surface area contributed by atoms with Gasteiger partial charge in [-0.1, -0.05) is 13.0 Å². The van der Waals surface area contributed by atoms with Crippen molar-refractivity contribution in [1.82, 2.24) is 14.6 Å². The first-order chi connectivity index (χ1) is 8.21. The SMILES string of the molecule is CCC1(Nc2nc3ccc(C)cn3n2)CCC1. The van der Waals surface area contributed by atoms with Crippen LogP contribution < -0.4 is 5.32 Å². The number of rotatable bonds is 3. The van der Waals surface area contributed by atoms with Crippen LogP contribution in [0.3, 0.4) is 0 Å². The third-order valence-electron chi connectivity index (χ3n) is 3.84. The van der Waals surface area contributed by atoms with Gasteiger partial charge >= 0.3 is 0 Å². The van der Waals surface area contributed by atoms with E-state index in [0.717, 1.165) is 18.0 Å². The van der Waals surface area contributed by atoms with Gasteiger partial charge < -0.3 is 5.32 Å². The maximum absolute atomic E-state index is 4.51. The van der Waals surface area contributed by atoms with Crippen LogP contribution in [0.25, 0.3) is 5.65 Å². The van der Waals surface area contributed by atoms with E-state index >= 15 is 0 Å². The molecule has 1 saturated carbocycles. The van der Waals surface area contributed by atoms with Crippen molar-refractivity contribution in [2.75, 3.05) is 5.32 Å². The summed E-state index contributed by atoms with van der Waals surface area (Å²) in [5.74, 6) is 0.761. The average Bonchev–Trinajstić information content (AvgIpc) is 2.65. The monoisotopic (exact) mass is 230 g/mol. The Morgan fingerprint density at radius 1 is 1.41 bits per heavy atom. The van der Waals surface area contributed by atoms with Gasteiger partial charge in [-0.25, -0.2) is 4.52 Å². The fourth-order valence-electron chi connectivity index (χ4n) is 2.45. The van der Waals surface area contributed by atoms with Gasteiger partial charge in [0.1, 0.15) is 0 Å². The molecule has 2 heterocycles. The molecule has 4 heteroatoms. The number of aryl methyl sites for hydroxylation is 1. The molecule has 3 rings (SSSR count). The molecule has 0 bridgehead atoms. The number of pyridine rings is 1. The fraction of sp³-hybridized carbons (Fsp3) is 0.538. The summed E-state index contributed by atoms with van der Waals surface area (Å²) < 4.78 is 1.85. The number of fused-ring (bicyclic) bond motifs is 1. The van der Waals surface area contributed by atoms with Gasteiger partial charge in [-0.2, -0.15) is 4.98 Å². The van der Waals surface area contributed by atoms with Crippen LogP contribution in [-0.2, 0) is 0 Å². The highest BCUT2D eigenvalue weighted by Crippen LogP contribution is 2.37. The zero-order valence-electron chi connectivity index (χ0n) is 10.4. The van der Waals surface area contributed by atoms with Crippen molar-refractivity contribution in [2.24, 2.45) is 0 Å². The van der Waals surface area contributed by atoms with Crippen molar-refractivity contribution < 1.29 is 0 Å². The lowest BCUT2D eigenvalue weighted by molar-refractivity contribution is 0.268. The van der Waals surface area contributed by atoms with Crippen LogP contribution in [0.1, 0.15) is 38.2 Å². The van der Waals surface area contributed by atoms with Crippen LogP contribution in [0.15, 0.2) is 18.3 Å². The normalized spacial score (nSPS) is 18.0. The van der Waals surface area contributed by atoms with Crippen LogP contribution in [-0.4, -0.2) is 20.1 Å². The van der Waals surface area contributed by atoms with Gasteiger partial charge in [0.15, 0.2) is 5.65 Å². The number of nitrogens with zero attached hydrogens (tertiary/aromatic N) is 3. The second kappa shape index (κ2) is 3.72. The van der Waals surface area contributed by atoms with Gasteiger partial charge in [-0.15, -0.1) is 5.10 Å². The summed E-state index contributed by atoms with van der Waals surface area (Å²) in [4.78, 5) is 4.51. The smallest absolute Gasteiger partial charge is 0.243 e. The highest BCUT2D eigenvalue weighted by Gasteiger charge is 2.35. The topological polar surface area (TPSA) is 42.2 Å². The summed E-state index contributed by atoms with van der Waals surface area (Å²) in [6.45, 7) is 4.29. The Morgan fingerprint density at radius 3 is 2.88 bits per heavy atom. The van der Waals surface area contributed by atoms with Crippen molar-refractivity contribution in [3.63, 3.8) is 0 Å². The van der Waals surface area contributed by atoms with Gasteiger partial charge in [0.2, 0.25) is 5.95 Å². The zero-order valence-corrected chi connectivity index (χ0v) is 10.4. The predicted octanol–water partition coefficient (Wildman–Crippen LogP) is 2.78. The molecule has 0 aliphatic heterocycles. The maximum atomic E-state index is 4.51. The van der Waals surface area contributed by atoms with Crippen LogP contribution in [0.4, 0.5) is 5.95 Å². The van der Waals surface area contributed by atoms with Crippen molar-refractivity contribution in [1.29, 1.82) is 0 Å². The van der Waals surface area contributed by atoms with E-state index in [4.69, 9.17) is 0 Å². The number of nitrogens with one attached hydrogen (secondary N) is 1. The summed E-state index contributed by atoms with van der Waals surface area (Å²) in [7, 11) is 0. The summed E-state index contributed by atoms with van der Waals surface area (Å²) in [5, 5.41) is 7.99. The van der Waals surface area contributed by atoms with Gasteiger partial charge in [0.25, 0.3) is 0 Å². The standard InChI is InChI=1S/C13H18N4/c1-3-13(7-4-8-13)15-12-14-11-6-5-10(2)9-17(11)16-12/h5-6,9H,3-4,7-8H2,1-2H3,(H,15,16). The molecule has 0 unspecified atom stereocenters. The van der Waals surface area contributed by atoms with E-state index in [9.17, 15) is 0 Å². The summed E-state index contributed by atoms with van der Waals surface area (Å²) in [5.41, 5.74) is 2.35. The molecule has 17 heavy (non-hydrogen) atoms. The van der Waals surface area contributed by atoms with Crippen molar-refractivity contribution in [3.8, 4) is 0 Å². The third kappa shape index (κ3) is 1.77. The minimum Gasteiger partial charge on any atom is -0.347 e. The quantitative estimate of drug-likeness (QED) is 0.881. The Morgan fingerprint density at radius 2 is 2.24 bits per heavy atom. The highest BCUT2D eigenvalue weighted by atomic mass is 15.4. The lowest BCUT2D eigenvalue weighted by Gasteiger charge is -2.41. The molecule has 4 nitrogen and oxygen atoms in total. The van der Waals surface area contributed by atoms with Gasteiger partial charge in [0.05, 0.1) is 0 Å². The molecule has 1 aliphatic carbocycles. The summed E-state index contributed by atoms with van der Waals surface area (Å²) >= 11 is 0. The molecule has 0 spiro atoms. The van der Waals surface area contributed by atoms with Gasteiger partial charge in [-0.3, -0.25) is 0 Å². The minimum absolute atomic E-state index is 0.250. The minimum atomic E-state index is 0.250. The fourth-order valence-corrected chi connectivity index (χ4v) is 2.45. The van der Waals surface area contributed by atoms with Crippen molar-refractivity contribution in [3.05, 3.63) is 23.9 Å². The van der Waals surface area contributed by atoms with E-state index in [1.165, 1.54) is 24.8 Å². The lowest BCUT2D eigenvalue weighted by atomic mass is 9.75. The van der Waals surface area contributed by atoms with E-state index in [2.05, 4.69) is 35.3 Å². The Kier molecular flexibility index (Phi) is 2.31. The maximum Gasteiger partial charge on any atom is 0.243 e. The zero-order chi connectivity index (χ0) is 11.9. The Labute approximate surface area is 101 Å². The third-order valence-corrected chi connectivity index (χ3v) is 3.84. The molecule has 0 radical (unpaired) electrons. The molecule has 1 aliphatic rings. The lowest BCUT2D eigenvalue weighted by Crippen LogP contribution is -2.44. The molecular formula is C13H18N4. The molecule has 1 fully saturated rings. The molecule has 90 valence electrons. The van der Waals surface area contributed by atoms with Gasteiger partial charge in [-0.05, 0) is 44.2 Å². The Hall–Kier alpha value is -1.58. The molecule has 2 aromatic heterocycles. The number of hydrogen-bond donors (Lipinski definition) is 1. The van der Waals surface area contributed by atoms with E-state index in [0.29, 0.717) is 0 Å². The predicted molar refractivity (Wildman–Crippen MR) is 68.2 cm³/mol. The van der Waals surface area contributed by atoms with Gasteiger partial charge in [0, 0.05) is 11.7 Å². The first-order valence-corrected chi connectivity index (χ1v) is 6.32. The van der Waals surface area contributed by atoms with Crippen LogP contribution in [0.2, 0.25) is 0 Å². The molecule has 1 N–H and O–H groups in total. The second-order valence-corrected chi connectivity index (χ2v) is 5.06. The van der Waals surface area contributed by atoms with Crippen molar-refractivity contribution in [2.45, 2.75) is 45.1 Å². The number of hydrogen-bond acceptors (Lipinski definition) is 3. The van der Waals surface area contributed by atoms with E-state index in [1.807, 2.05) is 16.8 Å². The average molecular weight is 230 g/mol. The number of anilines is 1. The molecule has 0 amide bonds. The molecule has 0 atom stereocenters. The highest BCUT2D eigenvalue weighted by molar-refractivity contribution is 5.45. The number of aromatic nitrogens is 3. The molecule has 0 aromatic carbocycles. The molecule has 0 saturated heterocycles. The Balaban J connectivity index is 1.90. The van der Waals surface area contributed by atoms with Crippen LogP contribution >= 0.6 is 0 Å². The molecular weight excluding hydrogens is 212 g/mol. The largest absolute Gasteiger partial charge is 0.347 e. The van der Waals surface area contributed by atoms with Crippen LogP contribution in [0.5, 0.6) is 0 Å². The first-order valence-electron chi connectivity index (χ1n) is 6.32. The van der Waals surface area contributed by atoms with E-state index in [1.54, 1.807) is 0 Å². The second-order valence-electron chi connectivity index (χ2n) is 5.06. The Bertz CT molecular complexity index is 534. The molecule has 2 aromatic rings. The summed E-state index contributed by atoms with van der Waals surface area (Å²) in [6, 6.07) is 4.07. The first kappa shape index (κ1) is 10.6. The summed E-state index contributed by atoms with van der Waals surface area (Å²) in [6.07, 6.45) is 6.93.